The molecule has 0 radical (unpaired) electrons. The van der Waals surface area contributed by atoms with E-state index in [1.165, 1.54) is 12.0 Å². The number of amides is 4. The number of rotatable bonds is 6. The van der Waals surface area contributed by atoms with E-state index in [1.54, 1.807) is 18.2 Å². The molecule has 1 aliphatic heterocycles. The largest absolute Gasteiger partial charge is 0.495 e. The average molecular weight is 332 g/mol. The molecule has 1 fully saturated rings. The summed E-state index contributed by atoms with van der Waals surface area (Å²) in [6.07, 6.45) is 0.224. The van der Waals surface area contributed by atoms with E-state index in [0.717, 1.165) is 0 Å². The fraction of sp³-hybridized carbons (Fsp3) is 0.357. The molecule has 126 valence electrons. The van der Waals surface area contributed by atoms with Crippen LogP contribution < -0.4 is 20.3 Å². The first kappa shape index (κ1) is 17.1. The Morgan fingerprint density at radius 2 is 2.29 bits per heavy atom. The third kappa shape index (κ3) is 4.14. The lowest BCUT2D eigenvalue weighted by Crippen LogP contribution is -2.49. The SMILES string of the molecule is COc1ccc(NC(=O)CCN=[N+]=[N-])cc1N1CCC(=O)NC1=O. The van der Waals surface area contributed by atoms with Crippen molar-refractivity contribution in [3.05, 3.63) is 28.6 Å². The number of carbonyl (C=O) groups is 3. The van der Waals surface area contributed by atoms with Crippen LogP contribution in [0.5, 0.6) is 5.75 Å². The van der Waals surface area contributed by atoms with E-state index in [2.05, 4.69) is 20.7 Å². The first-order valence-corrected chi connectivity index (χ1v) is 7.15. The molecule has 10 heteroatoms. The molecule has 1 aromatic rings. The van der Waals surface area contributed by atoms with Crippen LogP contribution in [0.1, 0.15) is 12.8 Å². The first-order chi connectivity index (χ1) is 11.5. The van der Waals surface area contributed by atoms with E-state index >= 15 is 0 Å². The number of carbonyl (C=O) groups excluding carboxylic acids is 3. The number of nitrogens with one attached hydrogen (secondary N) is 2. The zero-order valence-corrected chi connectivity index (χ0v) is 13.0. The number of nitrogens with zero attached hydrogens (tertiary/aromatic N) is 4. The van der Waals surface area contributed by atoms with Gasteiger partial charge in [0, 0.05) is 36.5 Å². The number of methoxy groups -OCH3 is 1. The number of urea groups is 1. The lowest BCUT2D eigenvalue weighted by atomic mass is 10.2. The highest BCUT2D eigenvalue weighted by Gasteiger charge is 2.26. The van der Waals surface area contributed by atoms with Crippen LogP contribution in [0, 0.1) is 0 Å². The number of anilines is 2. The quantitative estimate of drug-likeness (QED) is 0.466. The van der Waals surface area contributed by atoms with Crippen molar-refractivity contribution in [1.29, 1.82) is 0 Å². The molecular weight excluding hydrogens is 316 g/mol. The summed E-state index contributed by atoms with van der Waals surface area (Å²) >= 11 is 0. The normalized spacial score (nSPS) is 13.8. The van der Waals surface area contributed by atoms with Gasteiger partial charge in [-0.05, 0) is 23.7 Å². The van der Waals surface area contributed by atoms with Crippen LogP contribution in [0.4, 0.5) is 16.2 Å². The highest BCUT2D eigenvalue weighted by Crippen LogP contribution is 2.32. The summed E-state index contributed by atoms with van der Waals surface area (Å²) in [5.41, 5.74) is 9.10. The number of ether oxygens (including phenoxy) is 1. The van der Waals surface area contributed by atoms with E-state index in [1.807, 2.05) is 0 Å². The third-order valence-corrected chi connectivity index (χ3v) is 3.31. The fourth-order valence-electron chi connectivity index (χ4n) is 2.19. The van der Waals surface area contributed by atoms with Gasteiger partial charge in [-0.15, -0.1) is 0 Å². The predicted molar refractivity (Wildman–Crippen MR) is 85.8 cm³/mol. The van der Waals surface area contributed by atoms with Crippen molar-refractivity contribution in [3.8, 4) is 5.75 Å². The molecule has 4 amide bonds. The Hall–Kier alpha value is -3.26. The van der Waals surface area contributed by atoms with Gasteiger partial charge in [-0.3, -0.25) is 19.8 Å². The molecule has 0 aliphatic carbocycles. The zero-order chi connectivity index (χ0) is 17.5. The molecule has 2 N–H and O–H groups in total. The minimum Gasteiger partial charge on any atom is -0.495 e. The van der Waals surface area contributed by atoms with Gasteiger partial charge in [0.1, 0.15) is 5.75 Å². The van der Waals surface area contributed by atoms with Crippen LogP contribution in [0.15, 0.2) is 23.3 Å². The second-order valence-corrected chi connectivity index (χ2v) is 4.89. The van der Waals surface area contributed by atoms with Gasteiger partial charge in [-0.1, -0.05) is 5.11 Å². The molecule has 1 heterocycles. The molecule has 1 aromatic carbocycles. The number of benzene rings is 1. The standard InChI is InChI=1S/C14H16N6O4/c1-24-11-3-2-9(17-12(21)4-6-16-19-15)8-10(11)20-7-5-13(22)18-14(20)23/h2-3,8H,4-7H2,1H3,(H,17,21)(H,18,22,23). The van der Waals surface area contributed by atoms with Crippen molar-refractivity contribution in [2.45, 2.75) is 12.8 Å². The van der Waals surface area contributed by atoms with E-state index in [0.29, 0.717) is 17.1 Å². The van der Waals surface area contributed by atoms with Gasteiger partial charge in [0.25, 0.3) is 0 Å². The maximum absolute atomic E-state index is 12.0. The van der Waals surface area contributed by atoms with Crippen LogP contribution in [0.2, 0.25) is 0 Å². The number of hydrogen-bond donors (Lipinski definition) is 2. The van der Waals surface area contributed by atoms with Gasteiger partial charge < -0.3 is 10.1 Å². The molecule has 1 aliphatic rings. The average Bonchev–Trinajstić information content (AvgIpc) is 2.55. The smallest absolute Gasteiger partial charge is 0.328 e. The number of azide groups is 1. The van der Waals surface area contributed by atoms with E-state index in [4.69, 9.17) is 10.3 Å². The molecule has 2 rings (SSSR count). The van der Waals surface area contributed by atoms with E-state index in [9.17, 15) is 14.4 Å². The predicted octanol–water partition coefficient (Wildman–Crippen LogP) is 1.78. The van der Waals surface area contributed by atoms with E-state index < -0.39 is 6.03 Å². The second kappa shape index (κ2) is 7.84. The summed E-state index contributed by atoms with van der Waals surface area (Å²) in [5, 5.41) is 8.18. The Labute approximate surface area is 137 Å². The maximum atomic E-state index is 12.0. The molecule has 0 atom stereocenters. The van der Waals surface area contributed by atoms with Crippen LogP contribution >= 0.6 is 0 Å². The Morgan fingerprint density at radius 3 is 2.96 bits per heavy atom. The zero-order valence-electron chi connectivity index (χ0n) is 13.0. The van der Waals surface area contributed by atoms with Crippen molar-refractivity contribution < 1.29 is 19.1 Å². The first-order valence-electron chi connectivity index (χ1n) is 7.15. The van der Waals surface area contributed by atoms with Gasteiger partial charge in [0.05, 0.1) is 12.8 Å². The highest BCUT2D eigenvalue weighted by atomic mass is 16.5. The van der Waals surface area contributed by atoms with E-state index in [-0.39, 0.29) is 37.7 Å². The lowest BCUT2D eigenvalue weighted by Gasteiger charge is -2.28. The van der Waals surface area contributed by atoms with Crippen molar-refractivity contribution >= 4 is 29.2 Å². The fourth-order valence-corrected chi connectivity index (χ4v) is 2.19. The van der Waals surface area contributed by atoms with Gasteiger partial charge in [-0.2, -0.15) is 0 Å². The van der Waals surface area contributed by atoms with Crippen LogP contribution in [-0.2, 0) is 9.59 Å². The Kier molecular flexibility index (Phi) is 5.58. The summed E-state index contributed by atoms with van der Waals surface area (Å²) in [6, 6.07) is 4.28. The van der Waals surface area contributed by atoms with Gasteiger partial charge >= 0.3 is 6.03 Å². The van der Waals surface area contributed by atoms with Gasteiger partial charge in [0.2, 0.25) is 11.8 Å². The molecule has 0 saturated carbocycles. The number of hydrogen-bond acceptors (Lipinski definition) is 5. The number of imide groups is 1. The maximum Gasteiger partial charge on any atom is 0.328 e. The molecule has 0 unspecified atom stereocenters. The monoisotopic (exact) mass is 332 g/mol. The minimum absolute atomic E-state index is 0.0458. The molecule has 1 saturated heterocycles. The molecule has 0 bridgehead atoms. The Morgan fingerprint density at radius 1 is 1.50 bits per heavy atom. The summed E-state index contributed by atoms with van der Waals surface area (Å²) in [5.74, 6) is -0.221. The molecule has 24 heavy (non-hydrogen) atoms. The summed E-state index contributed by atoms with van der Waals surface area (Å²) in [7, 11) is 1.46. The molecule has 0 aromatic heterocycles. The van der Waals surface area contributed by atoms with Gasteiger partial charge in [-0.25, -0.2) is 4.79 Å². The molecule has 10 nitrogen and oxygen atoms in total. The van der Waals surface area contributed by atoms with Crippen LogP contribution in [0.25, 0.3) is 10.4 Å². The van der Waals surface area contributed by atoms with Crippen molar-refractivity contribution in [1.82, 2.24) is 5.32 Å². The lowest BCUT2D eigenvalue weighted by molar-refractivity contribution is -0.120. The topological polar surface area (TPSA) is 136 Å². The summed E-state index contributed by atoms with van der Waals surface area (Å²) in [6.45, 7) is 0.275. The van der Waals surface area contributed by atoms with Crippen molar-refractivity contribution in [2.75, 3.05) is 30.4 Å². The molecule has 0 spiro atoms. The van der Waals surface area contributed by atoms with Crippen LogP contribution in [-0.4, -0.2) is 38.0 Å². The third-order valence-electron chi connectivity index (χ3n) is 3.31. The van der Waals surface area contributed by atoms with Gasteiger partial charge in [0.15, 0.2) is 0 Å². The second-order valence-electron chi connectivity index (χ2n) is 4.89. The Balaban J connectivity index is 2.18. The van der Waals surface area contributed by atoms with Crippen molar-refractivity contribution in [2.24, 2.45) is 5.11 Å². The Bertz CT molecular complexity index is 713. The summed E-state index contributed by atoms with van der Waals surface area (Å²) < 4.78 is 5.24. The highest BCUT2D eigenvalue weighted by molar-refractivity contribution is 6.06. The van der Waals surface area contributed by atoms with Crippen molar-refractivity contribution in [3.63, 3.8) is 0 Å². The van der Waals surface area contributed by atoms with Crippen LogP contribution in [0.3, 0.4) is 0 Å². The summed E-state index contributed by atoms with van der Waals surface area (Å²) in [4.78, 5) is 39.0. The minimum atomic E-state index is -0.545. The molecular formula is C14H16N6O4.